The van der Waals surface area contributed by atoms with E-state index in [9.17, 15) is 18.0 Å². The molecule has 0 spiro atoms. The summed E-state index contributed by atoms with van der Waals surface area (Å²) < 4.78 is 26.0. The molecule has 0 saturated heterocycles. The van der Waals surface area contributed by atoms with E-state index in [1.807, 2.05) is 24.3 Å². The van der Waals surface area contributed by atoms with Crippen LogP contribution in [0.2, 0.25) is 0 Å². The minimum absolute atomic E-state index is 0.0923. The Labute approximate surface area is 233 Å². The molecule has 3 N–H and O–H groups in total. The zero-order valence-corrected chi connectivity index (χ0v) is 23.7. The van der Waals surface area contributed by atoms with Crippen molar-refractivity contribution in [2.75, 3.05) is 24.3 Å². The molecule has 0 saturated carbocycles. The molecule has 212 valence electrons. The number of nitrogens with zero attached hydrogens (tertiary/aromatic N) is 4. The van der Waals surface area contributed by atoms with E-state index in [1.165, 1.54) is 0 Å². The first kappa shape index (κ1) is 29.0. The largest absolute Gasteiger partial charge is 0.481 e. The molecule has 4 rings (SSSR count). The van der Waals surface area contributed by atoms with E-state index in [0.29, 0.717) is 36.4 Å². The summed E-state index contributed by atoms with van der Waals surface area (Å²) in [4.78, 5) is 35.0. The molecular weight excluding hydrogens is 530 g/mol. The number of carboxylic acid groups (broad SMARTS) is 1. The van der Waals surface area contributed by atoms with Gasteiger partial charge in [0.15, 0.2) is 15.7 Å². The van der Waals surface area contributed by atoms with Crippen LogP contribution in [0.1, 0.15) is 43.1 Å². The highest BCUT2D eigenvalue weighted by Gasteiger charge is 2.21. The number of carboxylic acids is 1. The average molecular weight is 566 g/mol. The number of carbonyl (C=O) groups is 2. The number of rotatable bonds is 13. The third-order valence-electron chi connectivity index (χ3n) is 6.74. The van der Waals surface area contributed by atoms with Crippen molar-refractivity contribution in [3.8, 4) is 0 Å². The molecule has 0 aliphatic heterocycles. The van der Waals surface area contributed by atoms with Gasteiger partial charge < -0.3 is 20.3 Å². The molecular formula is C29H35N5O5S. The molecule has 0 radical (unpaired) electrons. The highest BCUT2D eigenvalue weighted by atomic mass is 32.2. The molecule has 2 aromatic heterocycles. The summed E-state index contributed by atoms with van der Waals surface area (Å²) in [5.41, 5.74) is 10.1. The minimum atomic E-state index is -3.52. The smallest absolute Gasteiger partial charge is 0.307 e. The molecule has 40 heavy (non-hydrogen) atoms. The number of para-hydroxylation sites is 1. The normalized spacial score (nSPS) is 11.8. The van der Waals surface area contributed by atoms with Gasteiger partial charge in [-0.3, -0.25) is 9.59 Å². The predicted molar refractivity (Wildman–Crippen MR) is 156 cm³/mol. The number of aryl methyl sites for hydroxylation is 2. The van der Waals surface area contributed by atoms with Crippen molar-refractivity contribution in [2.45, 2.75) is 52.1 Å². The van der Waals surface area contributed by atoms with E-state index in [1.54, 1.807) is 29.2 Å². The van der Waals surface area contributed by atoms with Crippen LogP contribution in [-0.4, -0.2) is 63.4 Å². The van der Waals surface area contributed by atoms with Gasteiger partial charge in [0.1, 0.15) is 17.1 Å². The van der Waals surface area contributed by atoms with Crippen LogP contribution in [-0.2, 0) is 45.4 Å². The van der Waals surface area contributed by atoms with Crippen molar-refractivity contribution < 1.29 is 23.1 Å². The molecule has 4 aromatic rings. The van der Waals surface area contributed by atoms with E-state index < -0.39 is 27.5 Å². The van der Waals surface area contributed by atoms with Gasteiger partial charge in [0.05, 0.1) is 17.5 Å². The van der Waals surface area contributed by atoms with E-state index in [4.69, 9.17) is 15.8 Å². The lowest BCUT2D eigenvalue weighted by molar-refractivity contribution is -0.136. The number of benzene rings is 2. The van der Waals surface area contributed by atoms with Crippen LogP contribution in [0.5, 0.6) is 0 Å². The number of anilines is 1. The Balaban J connectivity index is 1.60. The van der Waals surface area contributed by atoms with Crippen LogP contribution in [0.15, 0.2) is 48.5 Å². The van der Waals surface area contributed by atoms with Crippen LogP contribution in [0.25, 0.3) is 21.9 Å². The van der Waals surface area contributed by atoms with Crippen molar-refractivity contribution in [1.29, 1.82) is 0 Å². The van der Waals surface area contributed by atoms with Crippen LogP contribution in [0, 0.1) is 0 Å². The first-order chi connectivity index (χ1) is 19.1. The second-order valence-electron chi connectivity index (χ2n) is 10.1. The molecule has 0 aliphatic carbocycles. The van der Waals surface area contributed by atoms with Gasteiger partial charge in [0.2, 0.25) is 5.91 Å². The van der Waals surface area contributed by atoms with Crippen LogP contribution < -0.4 is 5.73 Å². The maximum Gasteiger partial charge on any atom is 0.307 e. The Morgan fingerprint density at radius 2 is 1.73 bits per heavy atom. The van der Waals surface area contributed by atoms with Crippen LogP contribution in [0.3, 0.4) is 0 Å². The monoisotopic (exact) mass is 565 g/mol. The predicted octanol–water partition coefficient (Wildman–Crippen LogP) is 3.60. The third-order valence-corrected chi connectivity index (χ3v) is 7.51. The molecule has 0 fully saturated rings. The van der Waals surface area contributed by atoms with Crippen LogP contribution in [0.4, 0.5) is 5.82 Å². The Kier molecular flexibility index (Phi) is 9.03. The van der Waals surface area contributed by atoms with E-state index >= 15 is 0 Å². The van der Waals surface area contributed by atoms with E-state index in [2.05, 4.69) is 16.5 Å². The van der Waals surface area contributed by atoms with Crippen molar-refractivity contribution in [2.24, 2.45) is 0 Å². The van der Waals surface area contributed by atoms with Crippen molar-refractivity contribution >= 4 is 49.5 Å². The molecule has 0 atom stereocenters. The topological polar surface area (TPSA) is 148 Å². The fourth-order valence-corrected chi connectivity index (χ4v) is 5.49. The number of nitrogen functional groups attached to an aromatic ring is 1. The van der Waals surface area contributed by atoms with Gasteiger partial charge in [-0.25, -0.2) is 18.4 Å². The third kappa shape index (κ3) is 7.15. The van der Waals surface area contributed by atoms with Gasteiger partial charge in [-0.05, 0) is 30.0 Å². The molecule has 0 unspecified atom stereocenters. The number of aromatic nitrogens is 3. The summed E-state index contributed by atoms with van der Waals surface area (Å²) in [6, 6.07) is 14.8. The van der Waals surface area contributed by atoms with Gasteiger partial charge in [0, 0.05) is 37.7 Å². The maximum atomic E-state index is 13.0. The molecule has 11 heteroatoms. The summed E-state index contributed by atoms with van der Waals surface area (Å²) >= 11 is 0. The summed E-state index contributed by atoms with van der Waals surface area (Å²) in [6.07, 6.45) is 4.27. The molecule has 2 heterocycles. The number of aliphatic carboxylic acids is 1. The second-order valence-corrected chi connectivity index (χ2v) is 12.3. The Hall–Kier alpha value is -3.99. The lowest BCUT2D eigenvalue weighted by atomic mass is 10.1. The van der Waals surface area contributed by atoms with E-state index in [0.717, 1.165) is 53.3 Å². The number of nitrogens with two attached hydrogens (primary N) is 1. The number of amides is 1. The summed E-state index contributed by atoms with van der Waals surface area (Å²) in [7, 11) is -3.52. The van der Waals surface area contributed by atoms with Gasteiger partial charge in [-0.1, -0.05) is 55.8 Å². The maximum absolute atomic E-state index is 13.0. The highest BCUT2D eigenvalue weighted by molar-refractivity contribution is 7.91. The average Bonchev–Trinajstić information content (AvgIpc) is 3.26. The zero-order chi connectivity index (χ0) is 28.9. The first-order valence-corrected chi connectivity index (χ1v) is 15.4. The van der Waals surface area contributed by atoms with Gasteiger partial charge >= 0.3 is 5.97 Å². The van der Waals surface area contributed by atoms with Crippen LogP contribution >= 0.6 is 0 Å². The number of fused-ring (bicyclic) bond motifs is 3. The van der Waals surface area contributed by atoms with Gasteiger partial charge in [-0.2, -0.15) is 0 Å². The fourth-order valence-electron chi connectivity index (χ4n) is 4.86. The number of pyridine rings is 1. The Bertz CT molecular complexity index is 1630. The minimum Gasteiger partial charge on any atom is -0.481 e. The lowest BCUT2D eigenvalue weighted by Crippen LogP contribution is -2.36. The number of sulfone groups is 1. The zero-order valence-electron chi connectivity index (χ0n) is 22.8. The number of carbonyl (C=O) groups excluding carboxylic acids is 1. The molecule has 2 aromatic carbocycles. The number of hydrogen-bond donors (Lipinski definition) is 2. The molecule has 1 amide bonds. The van der Waals surface area contributed by atoms with Crippen molar-refractivity contribution in [3.63, 3.8) is 0 Å². The fraction of sp³-hybridized carbons (Fsp3) is 0.379. The first-order valence-electron chi connectivity index (χ1n) is 13.3. The van der Waals surface area contributed by atoms with E-state index in [-0.39, 0.29) is 13.0 Å². The Morgan fingerprint density at radius 1 is 1.02 bits per heavy atom. The molecule has 0 bridgehead atoms. The standard InChI is InChI=1S/C29H35N5O5S/c1-3-4-10-24-32-27-28(22-8-5-6-9-23(22)31-29(27)30)34(24)16-7-15-33(25(35)19-40(2,38)39)18-21-13-11-20(12-14-21)17-26(36)37/h5-6,8-9,11-14H,3-4,7,10,15-19H2,1-2H3,(H2,30,31)(H,36,37). The quantitative estimate of drug-likeness (QED) is 0.250. The molecule has 0 aliphatic rings. The Morgan fingerprint density at radius 3 is 2.40 bits per heavy atom. The second kappa shape index (κ2) is 12.5. The lowest BCUT2D eigenvalue weighted by Gasteiger charge is -2.23. The SMILES string of the molecule is CCCCc1nc2c(N)nc3ccccc3c2n1CCCN(Cc1ccc(CC(=O)O)cc1)C(=O)CS(C)(=O)=O. The molecule has 10 nitrogen and oxygen atoms in total. The summed E-state index contributed by atoms with van der Waals surface area (Å²) in [5.74, 6) is -0.690. The van der Waals surface area contributed by atoms with Crippen molar-refractivity contribution in [1.82, 2.24) is 19.4 Å². The van der Waals surface area contributed by atoms with Crippen molar-refractivity contribution in [3.05, 3.63) is 65.5 Å². The van der Waals surface area contributed by atoms with Gasteiger partial charge in [0.25, 0.3) is 0 Å². The number of imidazole rings is 1. The van der Waals surface area contributed by atoms with Gasteiger partial charge in [-0.15, -0.1) is 0 Å². The summed E-state index contributed by atoms with van der Waals surface area (Å²) in [6.45, 7) is 3.23. The number of unbranched alkanes of at least 4 members (excludes halogenated alkanes) is 1. The highest BCUT2D eigenvalue weighted by Crippen LogP contribution is 2.29. The number of hydrogen-bond acceptors (Lipinski definition) is 7. The summed E-state index contributed by atoms with van der Waals surface area (Å²) in [5, 5.41) is 9.97.